The fraction of sp³-hybridized carbons (Fsp3) is 0.250. The van der Waals surface area contributed by atoms with Crippen LogP contribution in [0.3, 0.4) is 0 Å². The lowest BCUT2D eigenvalue weighted by Crippen LogP contribution is -2.26. The molecule has 0 saturated carbocycles. The highest BCUT2D eigenvalue weighted by atomic mass is 32.2. The number of nitrogens with zero attached hydrogens (tertiary/aromatic N) is 1. The number of rotatable bonds is 1. The van der Waals surface area contributed by atoms with E-state index in [-0.39, 0.29) is 11.7 Å². The summed E-state index contributed by atoms with van der Waals surface area (Å²) in [6.45, 7) is 0. The molecule has 14 heavy (non-hydrogen) atoms. The van der Waals surface area contributed by atoms with Crippen LogP contribution < -0.4 is 10.1 Å². The van der Waals surface area contributed by atoms with Crippen molar-refractivity contribution in [2.45, 2.75) is 5.03 Å². The summed E-state index contributed by atoms with van der Waals surface area (Å²) in [5, 5.41) is 2.97. The van der Waals surface area contributed by atoms with E-state index in [1.54, 1.807) is 12.1 Å². The normalized spacial score (nSPS) is 19.8. The van der Waals surface area contributed by atoms with Crippen LogP contribution in [0, 0.1) is 0 Å². The fourth-order valence-electron chi connectivity index (χ4n) is 1.18. The Bertz CT molecular complexity index is 419. The molecule has 1 amide bonds. The second kappa shape index (κ2) is 3.38. The molecule has 0 bridgehead atoms. The summed E-state index contributed by atoms with van der Waals surface area (Å²) in [6, 6.07) is 3.25. The summed E-state index contributed by atoms with van der Waals surface area (Å²) in [7, 11) is 0.125. The molecule has 1 aromatic heterocycles. The summed E-state index contributed by atoms with van der Waals surface area (Å²) in [6.07, 6.45) is 0. The van der Waals surface area contributed by atoms with Gasteiger partial charge in [0.2, 0.25) is 11.8 Å². The van der Waals surface area contributed by atoms with Crippen LogP contribution in [0.25, 0.3) is 0 Å². The number of pyridine rings is 1. The summed E-state index contributed by atoms with van der Waals surface area (Å²) >= 11 is 0. The van der Waals surface area contributed by atoms with E-state index >= 15 is 0 Å². The van der Waals surface area contributed by atoms with Crippen molar-refractivity contribution in [3.63, 3.8) is 0 Å². The maximum atomic E-state index is 11.5. The lowest BCUT2D eigenvalue weighted by molar-refractivity contribution is -0.114. The predicted octanol–water partition coefficient (Wildman–Crippen LogP) is 0.150. The standard InChI is InChI=1S/C8H8N2O3S/c1-13-7-3-2-5-8(10-7)14(12)4-6(11)9-5/h2-3H,4H2,1H3,(H,9,11). The maximum Gasteiger partial charge on any atom is 0.237 e. The van der Waals surface area contributed by atoms with Crippen LogP contribution in [0.4, 0.5) is 5.69 Å². The number of hydrogen-bond donors (Lipinski definition) is 1. The second-order valence-electron chi connectivity index (χ2n) is 2.74. The number of amides is 1. The zero-order valence-corrected chi connectivity index (χ0v) is 8.26. The van der Waals surface area contributed by atoms with Gasteiger partial charge in [0.25, 0.3) is 0 Å². The van der Waals surface area contributed by atoms with Crippen LogP contribution in [0.1, 0.15) is 0 Å². The molecule has 0 aliphatic carbocycles. The molecule has 0 fully saturated rings. The van der Waals surface area contributed by atoms with E-state index < -0.39 is 10.8 Å². The van der Waals surface area contributed by atoms with Gasteiger partial charge in [-0.15, -0.1) is 0 Å². The van der Waals surface area contributed by atoms with Crippen molar-refractivity contribution < 1.29 is 13.7 Å². The lowest BCUT2D eigenvalue weighted by Gasteiger charge is -2.15. The van der Waals surface area contributed by atoms with Gasteiger partial charge < -0.3 is 10.1 Å². The van der Waals surface area contributed by atoms with E-state index in [4.69, 9.17) is 4.74 Å². The van der Waals surface area contributed by atoms with Crippen LogP contribution in [0.15, 0.2) is 17.2 Å². The average molecular weight is 212 g/mol. The molecule has 1 aliphatic heterocycles. The van der Waals surface area contributed by atoms with Crippen LogP contribution in [0.2, 0.25) is 0 Å². The molecular weight excluding hydrogens is 204 g/mol. The van der Waals surface area contributed by atoms with Crippen molar-refractivity contribution in [3.8, 4) is 5.88 Å². The number of fused-ring (bicyclic) bond motifs is 1. The molecule has 74 valence electrons. The van der Waals surface area contributed by atoms with Crippen molar-refractivity contribution in [1.82, 2.24) is 4.98 Å². The maximum absolute atomic E-state index is 11.5. The third-order valence-electron chi connectivity index (χ3n) is 1.80. The van der Waals surface area contributed by atoms with Gasteiger partial charge in [0.1, 0.15) is 5.75 Å². The van der Waals surface area contributed by atoms with Crippen LogP contribution in [-0.4, -0.2) is 28.0 Å². The van der Waals surface area contributed by atoms with Gasteiger partial charge in [-0.3, -0.25) is 9.00 Å². The molecular formula is C8H8N2O3S. The van der Waals surface area contributed by atoms with Gasteiger partial charge in [-0.05, 0) is 6.07 Å². The first-order chi connectivity index (χ1) is 6.70. The van der Waals surface area contributed by atoms with Gasteiger partial charge in [-0.2, -0.15) is 0 Å². The number of hydrogen-bond acceptors (Lipinski definition) is 4. The number of carbonyl (C=O) groups excluding carboxylic acids is 1. The second-order valence-corrected chi connectivity index (χ2v) is 4.11. The number of anilines is 1. The smallest absolute Gasteiger partial charge is 0.237 e. The van der Waals surface area contributed by atoms with Crippen molar-refractivity contribution in [2.24, 2.45) is 0 Å². The molecule has 1 aliphatic rings. The van der Waals surface area contributed by atoms with Crippen molar-refractivity contribution in [1.29, 1.82) is 0 Å². The van der Waals surface area contributed by atoms with Crippen molar-refractivity contribution in [3.05, 3.63) is 12.1 Å². The molecule has 2 rings (SSSR count). The monoisotopic (exact) mass is 212 g/mol. The number of ether oxygens (including phenoxy) is 1. The highest BCUT2D eigenvalue weighted by molar-refractivity contribution is 7.86. The number of carbonyl (C=O) groups is 1. The molecule has 0 radical (unpaired) electrons. The van der Waals surface area contributed by atoms with E-state index in [0.29, 0.717) is 16.6 Å². The van der Waals surface area contributed by atoms with Crippen molar-refractivity contribution >= 4 is 22.4 Å². The Morgan fingerprint density at radius 1 is 1.57 bits per heavy atom. The molecule has 0 aromatic carbocycles. The first-order valence-corrected chi connectivity index (χ1v) is 5.26. The van der Waals surface area contributed by atoms with Gasteiger partial charge in [0.05, 0.1) is 23.6 Å². The van der Waals surface area contributed by atoms with Gasteiger partial charge >= 0.3 is 0 Å². The molecule has 5 nitrogen and oxygen atoms in total. The van der Waals surface area contributed by atoms with Crippen LogP contribution in [0.5, 0.6) is 5.88 Å². The minimum atomic E-state index is -1.36. The van der Waals surface area contributed by atoms with Crippen molar-refractivity contribution in [2.75, 3.05) is 18.2 Å². The predicted molar refractivity (Wildman–Crippen MR) is 50.7 cm³/mol. The number of nitrogens with one attached hydrogen (secondary N) is 1. The SMILES string of the molecule is COc1ccc2c(n1)S(=O)CC(=O)N2. The zero-order valence-electron chi connectivity index (χ0n) is 7.44. The summed E-state index contributed by atoms with van der Waals surface area (Å²) in [4.78, 5) is 15.0. The van der Waals surface area contributed by atoms with E-state index in [0.717, 1.165) is 0 Å². The van der Waals surface area contributed by atoms with E-state index in [9.17, 15) is 9.00 Å². The topological polar surface area (TPSA) is 68.3 Å². The largest absolute Gasteiger partial charge is 0.481 e. The minimum Gasteiger partial charge on any atom is -0.481 e. The summed E-state index contributed by atoms with van der Waals surface area (Å²) in [5.74, 6) is 0.115. The molecule has 0 spiro atoms. The van der Waals surface area contributed by atoms with E-state index in [1.807, 2.05) is 0 Å². The molecule has 1 atom stereocenters. The van der Waals surface area contributed by atoms with Gasteiger partial charge in [0.15, 0.2) is 5.03 Å². The number of methoxy groups -OCH3 is 1. The lowest BCUT2D eigenvalue weighted by atomic mass is 10.4. The Morgan fingerprint density at radius 3 is 3.07 bits per heavy atom. The van der Waals surface area contributed by atoms with Crippen LogP contribution >= 0.6 is 0 Å². The fourth-order valence-corrected chi connectivity index (χ4v) is 2.18. The highest BCUT2D eigenvalue weighted by Gasteiger charge is 2.23. The quantitative estimate of drug-likeness (QED) is 0.719. The third-order valence-corrected chi connectivity index (χ3v) is 3.06. The Labute approximate surface area is 82.9 Å². The first-order valence-electron chi connectivity index (χ1n) is 3.94. The Hall–Kier alpha value is -1.43. The molecule has 1 unspecified atom stereocenters. The molecule has 0 saturated heterocycles. The van der Waals surface area contributed by atoms with E-state index in [2.05, 4.69) is 10.3 Å². The average Bonchev–Trinajstić information content (AvgIpc) is 2.17. The number of aromatic nitrogens is 1. The van der Waals surface area contributed by atoms with Gasteiger partial charge in [-0.25, -0.2) is 4.98 Å². The third kappa shape index (κ3) is 1.48. The highest BCUT2D eigenvalue weighted by Crippen LogP contribution is 2.24. The minimum absolute atomic E-state index is 0.0346. The van der Waals surface area contributed by atoms with E-state index in [1.165, 1.54) is 7.11 Å². The molecule has 1 N–H and O–H groups in total. The molecule has 1 aromatic rings. The Balaban J connectivity index is 2.49. The van der Waals surface area contributed by atoms with Crippen LogP contribution in [-0.2, 0) is 15.6 Å². The molecule has 2 heterocycles. The van der Waals surface area contributed by atoms with Gasteiger partial charge in [0, 0.05) is 6.07 Å². The molecule has 6 heteroatoms. The zero-order chi connectivity index (χ0) is 10.1. The summed E-state index contributed by atoms with van der Waals surface area (Å²) in [5.41, 5.74) is 0.500. The summed E-state index contributed by atoms with van der Waals surface area (Å²) < 4.78 is 16.4. The van der Waals surface area contributed by atoms with Gasteiger partial charge in [-0.1, -0.05) is 0 Å². The Kier molecular flexibility index (Phi) is 2.20. The first kappa shape index (κ1) is 9.14. The Morgan fingerprint density at radius 2 is 2.36 bits per heavy atom.